The summed E-state index contributed by atoms with van der Waals surface area (Å²) < 4.78 is 5.84. The minimum Gasteiger partial charge on any atom is -0.487 e. The summed E-state index contributed by atoms with van der Waals surface area (Å²) in [4.78, 5) is 0. The molecule has 2 unspecified atom stereocenters. The van der Waals surface area contributed by atoms with Crippen LogP contribution in [0.25, 0.3) is 0 Å². The van der Waals surface area contributed by atoms with Gasteiger partial charge in [0.05, 0.1) is 6.10 Å². The Kier molecular flexibility index (Phi) is 3.72. The zero-order chi connectivity index (χ0) is 11.5. The first-order chi connectivity index (χ1) is 7.66. The number of aryl methyl sites for hydroxylation is 1. The van der Waals surface area contributed by atoms with Crippen LogP contribution in [-0.4, -0.2) is 17.3 Å². The van der Waals surface area contributed by atoms with Crippen molar-refractivity contribution in [2.75, 3.05) is 0 Å². The van der Waals surface area contributed by atoms with Gasteiger partial charge < -0.3 is 9.84 Å². The molecule has 0 aliphatic heterocycles. The molecule has 0 radical (unpaired) electrons. The second-order valence-electron chi connectivity index (χ2n) is 4.42. The third kappa shape index (κ3) is 2.69. The normalized spacial score (nSPS) is 25.4. The van der Waals surface area contributed by atoms with E-state index in [1.54, 1.807) is 0 Å². The number of hydrogen-bond donors (Lipinski definition) is 1. The summed E-state index contributed by atoms with van der Waals surface area (Å²) in [7, 11) is 0. The van der Waals surface area contributed by atoms with Crippen LogP contribution >= 0.6 is 11.6 Å². The molecule has 1 saturated carbocycles. The molecule has 3 heteroatoms. The van der Waals surface area contributed by atoms with Crippen LogP contribution in [0.3, 0.4) is 0 Å². The second-order valence-corrected chi connectivity index (χ2v) is 4.85. The zero-order valence-corrected chi connectivity index (χ0v) is 10.2. The van der Waals surface area contributed by atoms with Crippen molar-refractivity contribution in [3.8, 4) is 5.75 Å². The highest BCUT2D eigenvalue weighted by Gasteiger charge is 2.24. The number of ether oxygens (including phenoxy) is 1. The van der Waals surface area contributed by atoms with Gasteiger partial charge in [0, 0.05) is 5.02 Å². The highest BCUT2D eigenvalue weighted by molar-refractivity contribution is 6.30. The minimum absolute atomic E-state index is 0.0615. The molecule has 2 atom stereocenters. The Balaban J connectivity index is 2.07. The molecule has 0 bridgehead atoms. The van der Waals surface area contributed by atoms with E-state index in [0.29, 0.717) is 5.02 Å². The lowest BCUT2D eigenvalue weighted by molar-refractivity contribution is 0.00654. The van der Waals surface area contributed by atoms with Crippen LogP contribution in [0.5, 0.6) is 5.75 Å². The van der Waals surface area contributed by atoms with Crippen molar-refractivity contribution >= 4 is 11.6 Å². The SMILES string of the molecule is Cc1cc(Cl)ccc1OC1CCCCC1O. The van der Waals surface area contributed by atoms with Gasteiger partial charge in [0.2, 0.25) is 0 Å². The van der Waals surface area contributed by atoms with Crippen molar-refractivity contribution in [2.24, 2.45) is 0 Å². The number of aliphatic hydroxyl groups is 1. The molecule has 0 spiro atoms. The number of rotatable bonds is 2. The molecule has 1 fully saturated rings. The van der Waals surface area contributed by atoms with Crippen LogP contribution in [0.15, 0.2) is 18.2 Å². The largest absolute Gasteiger partial charge is 0.487 e. The maximum atomic E-state index is 9.82. The Morgan fingerprint density at radius 1 is 1.31 bits per heavy atom. The van der Waals surface area contributed by atoms with E-state index in [2.05, 4.69) is 0 Å². The molecule has 1 aliphatic rings. The summed E-state index contributed by atoms with van der Waals surface area (Å²) in [5.41, 5.74) is 1.02. The van der Waals surface area contributed by atoms with Gasteiger partial charge in [-0.15, -0.1) is 0 Å². The van der Waals surface area contributed by atoms with Crippen molar-refractivity contribution in [3.63, 3.8) is 0 Å². The Morgan fingerprint density at radius 2 is 2.06 bits per heavy atom. The first-order valence-electron chi connectivity index (χ1n) is 5.77. The van der Waals surface area contributed by atoms with Gasteiger partial charge in [-0.1, -0.05) is 18.0 Å². The van der Waals surface area contributed by atoms with Crippen LogP contribution in [0.1, 0.15) is 31.2 Å². The predicted octanol–water partition coefficient (Wildman–Crippen LogP) is 3.33. The van der Waals surface area contributed by atoms with Gasteiger partial charge in [0.1, 0.15) is 11.9 Å². The van der Waals surface area contributed by atoms with Crippen LogP contribution in [0, 0.1) is 6.92 Å². The van der Waals surface area contributed by atoms with Crippen LogP contribution < -0.4 is 4.74 Å². The van der Waals surface area contributed by atoms with E-state index in [1.165, 1.54) is 0 Å². The van der Waals surface area contributed by atoms with E-state index in [-0.39, 0.29) is 12.2 Å². The zero-order valence-electron chi connectivity index (χ0n) is 9.45. The lowest BCUT2D eigenvalue weighted by Crippen LogP contribution is -2.34. The van der Waals surface area contributed by atoms with Gasteiger partial charge in [0.25, 0.3) is 0 Å². The quantitative estimate of drug-likeness (QED) is 0.859. The average molecular weight is 241 g/mol. The molecule has 16 heavy (non-hydrogen) atoms. The first kappa shape index (κ1) is 11.7. The predicted molar refractivity (Wildman–Crippen MR) is 65.1 cm³/mol. The molecule has 2 nitrogen and oxygen atoms in total. The highest BCUT2D eigenvalue weighted by Crippen LogP contribution is 2.27. The summed E-state index contributed by atoms with van der Waals surface area (Å²) in [6.45, 7) is 1.97. The van der Waals surface area contributed by atoms with Crippen molar-refractivity contribution in [1.29, 1.82) is 0 Å². The van der Waals surface area contributed by atoms with Gasteiger partial charge in [-0.05, 0) is 49.9 Å². The van der Waals surface area contributed by atoms with Crippen LogP contribution in [0.2, 0.25) is 5.02 Å². The fraction of sp³-hybridized carbons (Fsp3) is 0.538. The van der Waals surface area contributed by atoms with E-state index in [9.17, 15) is 5.11 Å². The Morgan fingerprint density at radius 3 is 2.75 bits per heavy atom. The molecule has 1 aliphatic carbocycles. The van der Waals surface area contributed by atoms with Crippen LogP contribution in [0.4, 0.5) is 0 Å². The van der Waals surface area contributed by atoms with Crippen molar-refractivity contribution in [2.45, 2.75) is 44.8 Å². The number of benzene rings is 1. The smallest absolute Gasteiger partial charge is 0.124 e. The fourth-order valence-corrected chi connectivity index (χ4v) is 2.35. The van der Waals surface area contributed by atoms with Gasteiger partial charge in [-0.3, -0.25) is 0 Å². The van der Waals surface area contributed by atoms with E-state index < -0.39 is 0 Å². The molecule has 88 valence electrons. The number of halogens is 1. The maximum Gasteiger partial charge on any atom is 0.124 e. The molecule has 1 aromatic rings. The molecule has 0 saturated heterocycles. The van der Waals surface area contributed by atoms with Gasteiger partial charge in [0.15, 0.2) is 0 Å². The molecule has 2 rings (SSSR count). The molecular formula is C13H17ClO2. The maximum absolute atomic E-state index is 9.82. The molecule has 0 heterocycles. The summed E-state index contributed by atoms with van der Waals surface area (Å²) >= 11 is 5.88. The topological polar surface area (TPSA) is 29.5 Å². The molecule has 1 aromatic carbocycles. The van der Waals surface area contributed by atoms with E-state index >= 15 is 0 Å². The third-order valence-corrected chi connectivity index (χ3v) is 3.32. The summed E-state index contributed by atoms with van der Waals surface area (Å²) in [5, 5.41) is 10.5. The molecule has 0 amide bonds. The Labute approximate surface area is 101 Å². The summed E-state index contributed by atoms with van der Waals surface area (Å²) in [5.74, 6) is 0.829. The second kappa shape index (κ2) is 5.07. The molecule has 1 N–H and O–H groups in total. The van der Waals surface area contributed by atoms with Gasteiger partial charge >= 0.3 is 0 Å². The monoisotopic (exact) mass is 240 g/mol. The van der Waals surface area contributed by atoms with Gasteiger partial charge in [-0.2, -0.15) is 0 Å². The minimum atomic E-state index is -0.330. The lowest BCUT2D eigenvalue weighted by Gasteiger charge is -2.28. The summed E-state index contributed by atoms with van der Waals surface area (Å²) in [6, 6.07) is 5.57. The Bertz CT molecular complexity index is 365. The Hall–Kier alpha value is -0.730. The molecular weight excluding hydrogens is 224 g/mol. The van der Waals surface area contributed by atoms with E-state index in [4.69, 9.17) is 16.3 Å². The standard InChI is InChI=1S/C13H17ClO2/c1-9-8-10(14)6-7-12(9)16-13-5-3-2-4-11(13)15/h6-8,11,13,15H,2-5H2,1H3. The van der Waals surface area contributed by atoms with Crippen molar-refractivity contribution in [3.05, 3.63) is 28.8 Å². The van der Waals surface area contributed by atoms with Crippen LogP contribution in [-0.2, 0) is 0 Å². The first-order valence-corrected chi connectivity index (χ1v) is 6.15. The fourth-order valence-electron chi connectivity index (χ4n) is 2.12. The van der Waals surface area contributed by atoms with Gasteiger partial charge in [-0.25, -0.2) is 0 Å². The van der Waals surface area contributed by atoms with Crippen molar-refractivity contribution in [1.82, 2.24) is 0 Å². The number of hydrogen-bond acceptors (Lipinski definition) is 2. The van der Waals surface area contributed by atoms with E-state index in [0.717, 1.165) is 37.0 Å². The van der Waals surface area contributed by atoms with Crippen molar-refractivity contribution < 1.29 is 9.84 Å². The van der Waals surface area contributed by atoms with E-state index in [1.807, 2.05) is 25.1 Å². The summed E-state index contributed by atoms with van der Waals surface area (Å²) in [6.07, 6.45) is 3.62. The average Bonchev–Trinajstić information content (AvgIpc) is 2.25. The highest BCUT2D eigenvalue weighted by atomic mass is 35.5. The third-order valence-electron chi connectivity index (χ3n) is 3.08. The lowest BCUT2D eigenvalue weighted by atomic mass is 9.95. The molecule has 0 aromatic heterocycles. The number of aliphatic hydroxyl groups excluding tert-OH is 1.